The second-order valence-electron chi connectivity index (χ2n) is 13.8. The Bertz CT molecular complexity index is 1550. The predicted molar refractivity (Wildman–Crippen MR) is 182 cm³/mol. The van der Waals surface area contributed by atoms with E-state index in [2.05, 4.69) is 46.8 Å². The number of amides is 4. The van der Waals surface area contributed by atoms with Crippen molar-refractivity contribution in [2.45, 2.75) is 81.7 Å². The Morgan fingerprint density at radius 3 is 2.54 bits per heavy atom. The Hall–Kier alpha value is -3.85. The Balaban J connectivity index is 1.22. The van der Waals surface area contributed by atoms with Crippen LogP contribution in [0, 0.1) is 0 Å². The number of hydrogen-bond acceptors (Lipinski definition) is 4. The van der Waals surface area contributed by atoms with Crippen molar-refractivity contribution in [1.29, 1.82) is 0 Å². The van der Waals surface area contributed by atoms with Crippen molar-refractivity contribution in [2.75, 3.05) is 46.8 Å². The zero-order chi connectivity index (χ0) is 32.4. The quantitative estimate of drug-likeness (QED) is 0.330. The number of aromatic nitrogens is 1. The normalized spacial score (nSPS) is 21.9. The molecule has 4 atom stereocenters. The minimum atomic E-state index is -0.715. The second-order valence-corrected chi connectivity index (χ2v) is 13.8. The number of likely N-dealkylation sites (tertiary alicyclic amines) is 1. The first-order chi connectivity index (χ1) is 22.2. The molecule has 9 nitrogen and oxygen atoms in total. The van der Waals surface area contributed by atoms with Gasteiger partial charge in [0.05, 0.1) is 5.92 Å². The first-order valence-corrected chi connectivity index (χ1v) is 17.2. The lowest BCUT2D eigenvalue weighted by atomic mass is 9.73. The summed E-state index contributed by atoms with van der Waals surface area (Å²) in [6.45, 7) is 7.80. The third-order valence-electron chi connectivity index (χ3n) is 11.1. The number of nitrogens with one attached hydrogen (secondary N) is 3. The molecule has 0 saturated carbocycles. The van der Waals surface area contributed by atoms with Gasteiger partial charge in [-0.1, -0.05) is 56.3 Å². The van der Waals surface area contributed by atoms with Crippen molar-refractivity contribution in [2.24, 2.45) is 0 Å². The van der Waals surface area contributed by atoms with E-state index in [0.29, 0.717) is 13.1 Å². The highest BCUT2D eigenvalue weighted by Gasteiger charge is 2.49. The molecule has 1 aromatic heterocycles. The van der Waals surface area contributed by atoms with Crippen LogP contribution in [0.2, 0.25) is 0 Å². The Kier molecular flexibility index (Phi) is 9.41. The Labute approximate surface area is 273 Å². The van der Waals surface area contributed by atoms with Crippen LogP contribution in [0.15, 0.2) is 54.7 Å². The van der Waals surface area contributed by atoms with Crippen molar-refractivity contribution in [3.05, 3.63) is 71.4 Å². The number of fused-ring (bicyclic) bond motifs is 3. The number of H-pyrrole nitrogens is 1. The van der Waals surface area contributed by atoms with Crippen LogP contribution in [0.4, 0.5) is 4.79 Å². The van der Waals surface area contributed by atoms with Crippen molar-refractivity contribution >= 4 is 28.7 Å². The van der Waals surface area contributed by atoms with Gasteiger partial charge < -0.3 is 30.3 Å². The van der Waals surface area contributed by atoms with Gasteiger partial charge in [0.1, 0.15) is 6.04 Å². The highest BCUT2D eigenvalue weighted by atomic mass is 16.2. The van der Waals surface area contributed by atoms with Crippen LogP contribution >= 0.6 is 0 Å². The van der Waals surface area contributed by atoms with E-state index in [0.717, 1.165) is 80.2 Å². The monoisotopic (exact) mass is 626 g/mol. The van der Waals surface area contributed by atoms with Crippen LogP contribution in [-0.4, -0.2) is 96.4 Å². The van der Waals surface area contributed by atoms with Crippen LogP contribution in [0.1, 0.15) is 80.9 Å². The fraction of sp³-hybridized carbons (Fsp3) is 0.541. The number of urea groups is 1. The highest BCUT2D eigenvalue weighted by molar-refractivity contribution is 5.91. The maximum atomic E-state index is 14.5. The number of benzene rings is 2. The first kappa shape index (κ1) is 32.1. The minimum Gasteiger partial charge on any atom is -0.361 e. The molecule has 46 heavy (non-hydrogen) atoms. The van der Waals surface area contributed by atoms with Gasteiger partial charge in [0.15, 0.2) is 0 Å². The summed E-state index contributed by atoms with van der Waals surface area (Å²) in [6, 6.07) is 15.7. The van der Waals surface area contributed by atoms with Gasteiger partial charge in [0.25, 0.3) is 0 Å². The fourth-order valence-corrected chi connectivity index (χ4v) is 8.27. The van der Waals surface area contributed by atoms with Gasteiger partial charge in [-0.2, -0.15) is 0 Å². The van der Waals surface area contributed by atoms with Crippen molar-refractivity contribution in [3.63, 3.8) is 0 Å². The van der Waals surface area contributed by atoms with Crippen molar-refractivity contribution in [1.82, 2.24) is 30.3 Å². The standard InChI is InChI=1S/C37H50N6O3/c1-5-19-41(3)34(44)29-22-37(31-14-8-6-12-27(29)31)16-20-43(21-17-37)35(45)33(40-36(46)42(4)26-11-10-18-38-23-26)25(2)30-24-39-32-15-9-7-13-28(30)32/h6-9,12-15,24-26,29,33,38-39H,5,10-11,16-23H2,1-4H3,(H,40,46). The van der Waals surface area contributed by atoms with Crippen molar-refractivity contribution < 1.29 is 14.4 Å². The number of rotatable bonds is 8. The molecule has 3 N–H and O–H groups in total. The van der Waals surface area contributed by atoms with Gasteiger partial charge in [0, 0.05) is 74.7 Å². The second kappa shape index (κ2) is 13.5. The SMILES string of the molecule is CCCN(C)C(=O)C1CC2(CCN(C(=O)C(NC(=O)N(C)C3CCCNC3)C(C)c3c[nH]c4ccccc34)CC2)c2ccccc21. The molecule has 9 heteroatoms. The molecule has 3 aromatic rings. The van der Waals surface area contributed by atoms with E-state index in [1.807, 2.05) is 61.3 Å². The predicted octanol–water partition coefficient (Wildman–Crippen LogP) is 4.95. The largest absolute Gasteiger partial charge is 0.361 e. The lowest BCUT2D eigenvalue weighted by Gasteiger charge is -2.42. The lowest BCUT2D eigenvalue weighted by molar-refractivity contribution is -0.136. The van der Waals surface area contributed by atoms with E-state index in [9.17, 15) is 14.4 Å². The number of nitrogens with zero attached hydrogens (tertiary/aromatic N) is 3. The topological polar surface area (TPSA) is 101 Å². The molecule has 0 bridgehead atoms. The summed E-state index contributed by atoms with van der Waals surface area (Å²) in [6.07, 6.45) is 7.26. The van der Waals surface area contributed by atoms with Crippen LogP contribution in [0.3, 0.4) is 0 Å². The van der Waals surface area contributed by atoms with E-state index in [-0.39, 0.29) is 41.1 Å². The molecule has 246 valence electrons. The molecule has 1 spiro atoms. The number of piperidine rings is 2. The van der Waals surface area contributed by atoms with Gasteiger partial charge in [0.2, 0.25) is 11.8 Å². The van der Waals surface area contributed by atoms with Gasteiger partial charge in [-0.15, -0.1) is 0 Å². The number of para-hydroxylation sites is 1. The van der Waals surface area contributed by atoms with Gasteiger partial charge in [-0.25, -0.2) is 4.79 Å². The third kappa shape index (κ3) is 6.01. The van der Waals surface area contributed by atoms with Gasteiger partial charge in [-0.3, -0.25) is 9.59 Å². The summed E-state index contributed by atoms with van der Waals surface area (Å²) in [5, 5.41) is 7.65. The van der Waals surface area contributed by atoms with Crippen LogP contribution in [0.25, 0.3) is 10.9 Å². The number of aromatic amines is 1. The van der Waals surface area contributed by atoms with E-state index in [1.165, 1.54) is 5.56 Å². The summed E-state index contributed by atoms with van der Waals surface area (Å²) >= 11 is 0. The molecule has 2 fully saturated rings. The maximum absolute atomic E-state index is 14.5. The maximum Gasteiger partial charge on any atom is 0.318 e. The van der Waals surface area contributed by atoms with E-state index >= 15 is 0 Å². The van der Waals surface area contributed by atoms with E-state index in [4.69, 9.17) is 0 Å². The summed E-state index contributed by atoms with van der Waals surface area (Å²) in [5.41, 5.74) is 4.32. The lowest BCUT2D eigenvalue weighted by Crippen LogP contribution is -2.58. The molecular weight excluding hydrogens is 576 g/mol. The number of carbonyl (C=O) groups is 3. The van der Waals surface area contributed by atoms with E-state index < -0.39 is 6.04 Å². The summed E-state index contributed by atoms with van der Waals surface area (Å²) in [7, 11) is 3.75. The smallest absolute Gasteiger partial charge is 0.318 e. The molecule has 3 aliphatic rings. The first-order valence-electron chi connectivity index (χ1n) is 17.2. The number of carbonyl (C=O) groups excluding carboxylic acids is 3. The molecule has 3 heterocycles. The average Bonchev–Trinajstić information content (AvgIpc) is 3.66. The average molecular weight is 627 g/mol. The number of likely N-dealkylation sites (N-methyl/N-ethyl adjacent to an activating group) is 2. The molecule has 1 aliphatic carbocycles. The molecule has 2 aliphatic heterocycles. The Morgan fingerprint density at radius 2 is 1.80 bits per heavy atom. The number of hydrogen-bond donors (Lipinski definition) is 3. The van der Waals surface area contributed by atoms with Crippen molar-refractivity contribution in [3.8, 4) is 0 Å². The zero-order valence-corrected chi connectivity index (χ0v) is 27.9. The summed E-state index contributed by atoms with van der Waals surface area (Å²) < 4.78 is 0. The molecular formula is C37H50N6O3. The summed E-state index contributed by atoms with van der Waals surface area (Å²) in [4.78, 5) is 50.7. The minimum absolute atomic E-state index is 0.0438. The molecule has 4 amide bonds. The van der Waals surface area contributed by atoms with Gasteiger partial charge in [-0.05, 0) is 67.8 Å². The molecule has 2 aromatic carbocycles. The fourth-order valence-electron chi connectivity index (χ4n) is 8.27. The van der Waals surface area contributed by atoms with Crippen LogP contribution in [-0.2, 0) is 15.0 Å². The molecule has 6 rings (SSSR count). The molecule has 4 unspecified atom stereocenters. The molecule has 0 radical (unpaired) electrons. The van der Waals surface area contributed by atoms with Crippen LogP contribution in [0.5, 0.6) is 0 Å². The highest BCUT2D eigenvalue weighted by Crippen LogP contribution is 2.52. The van der Waals surface area contributed by atoms with E-state index in [1.54, 1.807) is 4.90 Å². The van der Waals surface area contributed by atoms with Gasteiger partial charge >= 0.3 is 6.03 Å². The zero-order valence-electron chi connectivity index (χ0n) is 27.9. The third-order valence-corrected chi connectivity index (χ3v) is 11.1. The summed E-state index contributed by atoms with van der Waals surface area (Å²) in [5.74, 6) is -0.242. The Morgan fingerprint density at radius 1 is 1.07 bits per heavy atom. The molecule has 2 saturated heterocycles. The van der Waals surface area contributed by atoms with Crippen LogP contribution < -0.4 is 10.6 Å².